The number of aromatic nitrogens is 1. The summed E-state index contributed by atoms with van der Waals surface area (Å²) in [6.45, 7) is 11.3. The predicted octanol–water partition coefficient (Wildman–Crippen LogP) is 8.78. The molecule has 5 nitrogen and oxygen atoms in total. The van der Waals surface area contributed by atoms with Crippen molar-refractivity contribution in [2.24, 2.45) is 17.8 Å². The maximum absolute atomic E-state index is 13.2. The molecule has 1 aromatic rings. The Kier molecular flexibility index (Phi) is 9.22. The summed E-state index contributed by atoms with van der Waals surface area (Å²) in [5.74, 6) is 1.25. The van der Waals surface area contributed by atoms with Gasteiger partial charge in [-0.25, -0.2) is 9.78 Å². The van der Waals surface area contributed by atoms with Crippen LogP contribution in [0, 0.1) is 24.7 Å². The molecule has 0 radical (unpaired) electrons. The summed E-state index contributed by atoms with van der Waals surface area (Å²) in [6, 6.07) is 0. The highest BCUT2D eigenvalue weighted by atomic mass is 32.1. The minimum atomic E-state index is -4.31. The molecule has 0 aromatic carbocycles. The molecule has 1 heterocycles. The number of allylic oxidation sites excluding steroid dienone is 8. The molecular weight excluding hydrogens is 539 g/mol. The fraction of sp³-hybridized carbons (Fsp3) is 0.613. The number of hydrogen-bond acceptors (Lipinski definition) is 6. The lowest BCUT2D eigenvalue weighted by molar-refractivity contribution is -0.164. The SMILES string of the molecule is CCOC(=O)C(C)(C)OC1=CC=C(OC(c2sc(C3=CC=C(C(F)(F)F)CC3C)nc2C)C2CCCC2)CC1C. The lowest BCUT2D eigenvalue weighted by Gasteiger charge is -2.32. The third-order valence-corrected chi connectivity index (χ3v) is 9.16. The molecule has 0 amide bonds. The minimum absolute atomic E-state index is 0.0129. The van der Waals surface area contributed by atoms with Crippen LogP contribution in [0.25, 0.3) is 5.57 Å². The molecule has 3 aliphatic carbocycles. The van der Waals surface area contributed by atoms with E-state index < -0.39 is 23.3 Å². The van der Waals surface area contributed by atoms with Crippen LogP contribution in [0.15, 0.2) is 41.4 Å². The van der Waals surface area contributed by atoms with E-state index in [0.717, 1.165) is 52.6 Å². The molecule has 9 heteroatoms. The third kappa shape index (κ3) is 6.84. The number of nitrogens with zero attached hydrogens (tertiary/aromatic N) is 1. The van der Waals surface area contributed by atoms with Crippen LogP contribution in [0.3, 0.4) is 0 Å². The molecule has 0 saturated heterocycles. The van der Waals surface area contributed by atoms with Crippen molar-refractivity contribution in [3.05, 3.63) is 57.0 Å². The molecule has 3 atom stereocenters. The van der Waals surface area contributed by atoms with Crippen molar-refractivity contribution in [2.45, 2.75) is 97.9 Å². The maximum Gasteiger partial charge on any atom is 0.412 e. The van der Waals surface area contributed by atoms with Gasteiger partial charge in [-0.15, -0.1) is 11.3 Å². The number of alkyl halides is 3. The molecule has 220 valence electrons. The molecule has 0 N–H and O–H groups in total. The number of hydrogen-bond donors (Lipinski definition) is 0. The van der Waals surface area contributed by atoms with Gasteiger partial charge in [0.05, 0.1) is 22.9 Å². The van der Waals surface area contributed by atoms with Crippen LogP contribution in [0.5, 0.6) is 0 Å². The molecule has 0 spiro atoms. The van der Waals surface area contributed by atoms with E-state index in [4.69, 9.17) is 19.2 Å². The van der Waals surface area contributed by atoms with E-state index in [1.54, 1.807) is 38.2 Å². The molecule has 1 fully saturated rings. The topological polar surface area (TPSA) is 57.7 Å². The lowest BCUT2D eigenvalue weighted by Crippen LogP contribution is -2.37. The molecule has 40 heavy (non-hydrogen) atoms. The Morgan fingerprint density at radius 1 is 1.07 bits per heavy atom. The Labute approximate surface area is 239 Å². The molecule has 3 unspecified atom stereocenters. The van der Waals surface area contributed by atoms with E-state index in [-0.39, 0.29) is 24.4 Å². The highest BCUT2D eigenvalue weighted by Gasteiger charge is 2.38. The van der Waals surface area contributed by atoms with Crippen LogP contribution in [-0.4, -0.2) is 29.3 Å². The van der Waals surface area contributed by atoms with Gasteiger partial charge < -0.3 is 14.2 Å². The molecule has 1 aromatic heterocycles. The molecule has 1 saturated carbocycles. The van der Waals surface area contributed by atoms with Crippen molar-refractivity contribution in [1.29, 1.82) is 0 Å². The normalized spacial score (nSPS) is 23.1. The van der Waals surface area contributed by atoms with Gasteiger partial charge in [-0.3, -0.25) is 0 Å². The number of thiazole rings is 1. The number of esters is 1. The Bertz CT molecular complexity index is 1220. The van der Waals surface area contributed by atoms with Gasteiger partial charge in [-0.2, -0.15) is 13.2 Å². The van der Waals surface area contributed by atoms with E-state index in [9.17, 15) is 18.0 Å². The van der Waals surface area contributed by atoms with Gasteiger partial charge in [0.15, 0.2) is 5.60 Å². The molecule has 0 aliphatic heterocycles. The van der Waals surface area contributed by atoms with E-state index in [1.165, 1.54) is 6.08 Å². The summed E-state index contributed by atoms with van der Waals surface area (Å²) in [4.78, 5) is 18.2. The van der Waals surface area contributed by atoms with Crippen molar-refractivity contribution in [1.82, 2.24) is 4.98 Å². The van der Waals surface area contributed by atoms with Crippen molar-refractivity contribution in [3.63, 3.8) is 0 Å². The molecule has 4 rings (SSSR count). The Morgan fingerprint density at radius 3 is 2.38 bits per heavy atom. The van der Waals surface area contributed by atoms with E-state index in [1.807, 2.05) is 32.9 Å². The molecular formula is C31H40F3NO4S. The van der Waals surface area contributed by atoms with Crippen LogP contribution in [0.4, 0.5) is 13.2 Å². The monoisotopic (exact) mass is 579 g/mol. The summed E-state index contributed by atoms with van der Waals surface area (Å²) in [5.41, 5.74) is 0.129. The fourth-order valence-corrected chi connectivity index (χ4v) is 6.94. The predicted molar refractivity (Wildman–Crippen MR) is 150 cm³/mol. The smallest absolute Gasteiger partial charge is 0.412 e. The van der Waals surface area contributed by atoms with Crippen LogP contribution in [0.1, 0.15) is 94.8 Å². The van der Waals surface area contributed by atoms with E-state index in [2.05, 4.69) is 0 Å². The number of ether oxygens (including phenoxy) is 3. The number of rotatable bonds is 9. The number of carbonyl (C=O) groups excluding carboxylic acids is 1. The standard InChI is InChI=1S/C31H40F3NO4S/c1-7-37-29(36)30(5,6)39-25-15-13-23(17-19(25)3)38-26(21-10-8-9-11-21)27-20(4)35-28(40-27)24-14-12-22(16-18(24)2)31(32,33)34/h12-15,18-19,21,26H,7-11,16-17H2,1-6H3. The summed E-state index contributed by atoms with van der Waals surface area (Å²) in [7, 11) is 0. The van der Waals surface area contributed by atoms with Gasteiger partial charge in [0, 0.05) is 23.8 Å². The second-order valence-electron chi connectivity index (χ2n) is 11.6. The molecule has 3 aliphatic rings. The van der Waals surface area contributed by atoms with Gasteiger partial charge in [0.1, 0.15) is 16.9 Å². The summed E-state index contributed by atoms with van der Waals surface area (Å²) < 4.78 is 57.7. The highest BCUT2D eigenvalue weighted by Crippen LogP contribution is 2.46. The summed E-state index contributed by atoms with van der Waals surface area (Å²) in [5, 5.41) is 0.770. The van der Waals surface area contributed by atoms with Gasteiger partial charge >= 0.3 is 12.1 Å². The van der Waals surface area contributed by atoms with Crippen molar-refractivity contribution < 1.29 is 32.2 Å². The fourth-order valence-electron chi connectivity index (χ4n) is 5.61. The molecule has 0 bridgehead atoms. The summed E-state index contributed by atoms with van der Waals surface area (Å²) in [6.07, 6.45) is 7.12. The van der Waals surface area contributed by atoms with Crippen LogP contribution < -0.4 is 0 Å². The van der Waals surface area contributed by atoms with Gasteiger partial charge in [0.2, 0.25) is 0 Å². The Morgan fingerprint density at radius 2 is 1.77 bits per heavy atom. The first-order valence-corrected chi connectivity index (χ1v) is 15.0. The van der Waals surface area contributed by atoms with E-state index >= 15 is 0 Å². The van der Waals surface area contributed by atoms with Gasteiger partial charge in [0.25, 0.3) is 0 Å². The number of halogens is 3. The van der Waals surface area contributed by atoms with Crippen molar-refractivity contribution >= 4 is 22.9 Å². The Hall–Kier alpha value is -2.55. The van der Waals surface area contributed by atoms with Crippen molar-refractivity contribution in [3.8, 4) is 0 Å². The lowest BCUT2D eigenvalue weighted by atomic mass is 9.88. The van der Waals surface area contributed by atoms with E-state index in [0.29, 0.717) is 24.7 Å². The minimum Gasteiger partial charge on any atom is -0.489 e. The second-order valence-corrected chi connectivity index (χ2v) is 12.6. The zero-order chi connectivity index (χ0) is 29.2. The third-order valence-electron chi connectivity index (χ3n) is 7.90. The number of aryl methyl sites for hydroxylation is 1. The van der Waals surface area contributed by atoms with Crippen LogP contribution in [-0.2, 0) is 19.0 Å². The largest absolute Gasteiger partial charge is 0.489 e. The Balaban J connectivity index is 1.57. The average Bonchev–Trinajstić information content (AvgIpc) is 3.54. The van der Waals surface area contributed by atoms with Crippen LogP contribution >= 0.6 is 11.3 Å². The first-order chi connectivity index (χ1) is 18.8. The van der Waals surface area contributed by atoms with Gasteiger partial charge in [-0.1, -0.05) is 38.8 Å². The summed E-state index contributed by atoms with van der Waals surface area (Å²) >= 11 is 1.55. The van der Waals surface area contributed by atoms with Gasteiger partial charge in [-0.05, 0) is 70.6 Å². The number of carbonyl (C=O) groups is 1. The van der Waals surface area contributed by atoms with Crippen molar-refractivity contribution in [2.75, 3.05) is 6.61 Å². The maximum atomic E-state index is 13.2. The quantitative estimate of drug-likeness (QED) is 0.274. The zero-order valence-electron chi connectivity index (χ0n) is 24.2. The van der Waals surface area contributed by atoms with Crippen LogP contribution in [0.2, 0.25) is 0 Å². The zero-order valence-corrected chi connectivity index (χ0v) is 25.0. The average molecular weight is 580 g/mol. The second kappa shape index (κ2) is 12.1. The first-order valence-electron chi connectivity index (χ1n) is 14.2. The highest BCUT2D eigenvalue weighted by molar-refractivity contribution is 7.13. The first kappa shape index (κ1) is 30.4.